The number of rotatable bonds is 12. The van der Waals surface area contributed by atoms with Crippen LogP contribution >= 0.6 is 23.5 Å². The fourth-order valence-corrected chi connectivity index (χ4v) is 14.4. The van der Waals surface area contributed by atoms with E-state index in [1.165, 1.54) is 110 Å². The number of carbonyl (C=O) groups excluding carboxylic acids is 9. The summed E-state index contributed by atoms with van der Waals surface area (Å²) in [6.45, 7) is 4.34. The molecule has 2 saturated heterocycles. The van der Waals surface area contributed by atoms with E-state index in [0.29, 0.717) is 104 Å². The second-order valence-electron chi connectivity index (χ2n) is 25.4. The van der Waals surface area contributed by atoms with E-state index in [4.69, 9.17) is 10.5 Å². The van der Waals surface area contributed by atoms with Crippen LogP contribution < -0.4 is 47.7 Å². The van der Waals surface area contributed by atoms with Crippen LogP contribution in [0.2, 0.25) is 0 Å². The van der Waals surface area contributed by atoms with Crippen molar-refractivity contribution in [3.05, 3.63) is 137 Å². The van der Waals surface area contributed by atoms with Crippen LogP contribution in [-0.2, 0) is 73.9 Å². The molecule has 10 atom stereocenters. The van der Waals surface area contributed by atoms with E-state index in [1.807, 2.05) is 6.07 Å². The number of ether oxygens (including phenoxy) is 1. The highest BCUT2D eigenvalue weighted by Crippen LogP contribution is 2.32. The third-order valence-corrected chi connectivity index (χ3v) is 20.1. The molecule has 2 fully saturated rings. The molecule has 3 aliphatic rings. The molecule has 4 aromatic carbocycles. The average Bonchev–Trinajstić information content (AvgIpc) is 1.59. The third kappa shape index (κ3) is 18.8. The number of carbonyl (C=O) groups is 9. The number of aromatic amines is 2. The summed E-state index contributed by atoms with van der Waals surface area (Å²) in [5, 5.41) is 42.4. The number of aliphatic hydroxyl groups excluding tert-OH is 2. The number of nitrogens with two attached hydrogens (primary N) is 1. The second kappa shape index (κ2) is 33.7. The number of hydrogen-bond donors (Lipinski definition) is 12. The minimum Gasteiger partial charge on any atom is -0.497 e. The zero-order chi connectivity index (χ0) is 70.4. The maximum Gasteiger partial charge on any atom is 0.246 e. The molecule has 0 aliphatic carbocycles. The quantitative estimate of drug-likeness (QED) is 0.0780. The monoisotopic (exact) mass is 1390 g/mol. The van der Waals surface area contributed by atoms with Gasteiger partial charge < -0.3 is 77.7 Å². The normalized spacial score (nSPS) is 24.9. The molecule has 13 N–H and O–H groups in total. The number of methoxy groups -OCH3 is 1. The average molecular weight is 1400 g/mol. The lowest BCUT2D eigenvalue weighted by atomic mass is 9.95. The molecule has 9 amide bonds. The maximum absolute atomic E-state index is 15.4. The van der Waals surface area contributed by atoms with Gasteiger partial charge in [0.15, 0.2) is 0 Å². The Morgan fingerprint density at radius 3 is 1.91 bits per heavy atom. The highest BCUT2D eigenvalue weighted by Gasteiger charge is 2.49. The Labute approximate surface area is 573 Å². The lowest BCUT2D eigenvalue weighted by molar-refractivity contribution is -0.147. The molecule has 0 spiro atoms. The molecule has 6 aromatic rings. The Morgan fingerprint density at radius 2 is 1.28 bits per heavy atom. The van der Waals surface area contributed by atoms with Gasteiger partial charge in [-0.3, -0.25) is 43.2 Å². The van der Waals surface area contributed by atoms with Gasteiger partial charge in [-0.1, -0.05) is 18.2 Å². The van der Waals surface area contributed by atoms with Gasteiger partial charge in [-0.25, -0.2) is 13.2 Å². The largest absolute Gasteiger partial charge is 0.497 e. The zero-order valence-electron chi connectivity index (χ0n) is 55.0. The fraction of sp³-hybridized carbons (Fsp3) is 0.464. The highest BCUT2D eigenvalue weighted by atomic mass is 32.2. The Hall–Kier alpha value is -8.64. The van der Waals surface area contributed by atoms with Crippen molar-refractivity contribution < 1.29 is 71.3 Å². The first-order chi connectivity index (χ1) is 46.9. The SMILES string of the molecule is COc1ccc(C[C@@H]2NC(=O)[C@@H]([C@H](C)O)NC(=O)[C@@H]3C[C@@H](O)CN3C(=O)[C@H](Cc3c[nH]c4ccc(F)cc34)NC(=O)[C@H](Cc3c[nH]c4ccc(F)cc34)NC(=O)[C@@H](C)NC(=O)[C@H](CCCCN)NC(=O)CCSCc3cc(F)cc(c3)CSCCNC(=O)[C@]3(C)CCCN3C2=O)cc1. The molecule has 0 unspecified atom stereocenters. The summed E-state index contributed by atoms with van der Waals surface area (Å²) in [5.41, 5.74) is 7.92. The molecule has 3 aliphatic heterocycles. The molecule has 2 aromatic heterocycles. The number of hydrogen-bond acceptors (Lipinski definition) is 15. The predicted molar refractivity (Wildman–Crippen MR) is 364 cm³/mol. The summed E-state index contributed by atoms with van der Waals surface area (Å²) in [5.74, 6) is -6.91. The van der Waals surface area contributed by atoms with Gasteiger partial charge >= 0.3 is 0 Å². The number of aromatic nitrogens is 2. The molecule has 29 heteroatoms. The fourth-order valence-electron chi connectivity index (χ4n) is 12.7. The van der Waals surface area contributed by atoms with Crippen LogP contribution in [0.5, 0.6) is 5.75 Å². The molecule has 0 saturated carbocycles. The van der Waals surface area contributed by atoms with Crippen molar-refractivity contribution in [3.63, 3.8) is 0 Å². The van der Waals surface area contributed by atoms with Crippen molar-refractivity contribution in [2.75, 3.05) is 44.8 Å². The van der Waals surface area contributed by atoms with Crippen LogP contribution in [0, 0.1) is 17.5 Å². The number of nitrogens with one attached hydrogen (secondary N) is 9. The van der Waals surface area contributed by atoms with E-state index in [0.717, 1.165) is 4.90 Å². The third-order valence-electron chi connectivity index (χ3n) is 18.0. The van der Waals surface area contributed by atoms with Gasteiger partial charge in [0.2, 0.25) is 53.2 Å². The molecule has 2 bridgehead atoms. The van der Waals surface area contributed by atoms with E-state index in [9.17, 15) is 47.8 Å². The molecule has 9 rings (SSSR count). The summed E-state index contributed by atoms with van der Waals surface area (Å²) in [6.07, 6.45) is 0.492. The number of benzene rings is 4. The van der Waals surface area contributed by atoms with Gasteiger partial charge in [-0.15, -0.1) is 0 Å². The highest BCUT2D eigenvalue weighted by molar-refractivity contribution is 7.98. The molecule has 98 heavy (non-hydrogen) atoms. The van der Waals surface area contributed by atoms with Crippen LogP contribution in [0.1, 0.15) is 93.5 Å². The molecular weight excluding hydrogens is 1310 g/mol. The predicted octanol–water partition coefficient (Wildman–Crippen LogP) is 3.57. The van der Waals surface area contributed by atoms with Gasteiger partial charge in [-0.2, -0.15) is 23.5 Å². The molecule has 526 valence electrons. The Kier molecular flexibility index (Phi) is 25.3. The van der Waals surface area contributed by atoms with Crippen LogP contribution in [0.15, 0.2) is 91.3 Å². The van der Waals surface area contributed by atoms with Gasteiger partial charge in [0.25, 0.3) is 0 Å². The lowest BCUT2D eigenvalue weighted by Crippen LogP contribution is -2.63. The first-order valence-corrected chi connectivity index (χ1v) is 35.1. The van der Waals surface area contributed by atoms with Crippen LogP contribution in [0.25, 0.3) is 21.8 Å². The van der Waals surface area contributed by atoms with Crippen molar-refractivity contribution in [2.45, 2.75) is 157 Å². The number of halogens is 3. The summed E-state index contributed by atoms with van der Waals surface area (Å²) in [4.78, 5) is 140. The van der Waals surface area contributed by atoms with E-state index in [-0.39, 0.29) is 51.6 Å². The van der Waals surface area contributed by atoms with Gasteiger partial charge in [-0.05, 0) is 148 Å². The number of H-pyrrole nitrogens is 2. The first kappa shape index (κ1) is 73.6. The zero-order valence-corrected chi connectivity index (χ0v) is 56.6. The van der Waals surface area contributed by atoms with Gasteiger partial charge in [0.05, 0.1) is 19.3 Å². The van der Waals surface area contributed by atoms with Crippen molar-refractivity contribution in [2.24, 2.45) is 5.73 Å². The summed E-state index contributed by atoms with van der Waals surface area (Å²) in [6, 6.07) is 8.64. The number of thioether (sulfide) groups is 2. The molecular formula is C69H85F3N12O12S2. The Morgan fingerprint density at radius 1 is 0.673 bits per heavy atom. The molecule has 0 radical (unpaired) electrons. The lowest BCUT2D eigenvalue weighted by Gasteiger charge is -2.37. The summed E-state index contributed by atoms with van der Waals surface area (Å²) >= 11 is 2.82. The van der Waals surface area contributed by atoms with E-state index < -0.39 is 144 Å². The minimum absolute atomic E-state index is 0.0260. The Balaban J connectivity index is 1.04. The smallest absolute Gasteiger partial charge is 0.246 e. The number of nitrogens with zero attached hydrogens (tertiary/aromatic N) is 2. The van der Waals surface area contributed by atoms with Gasteiger partial charge in [0.1, 0.15) is 71.0 Å². The van der Waals surface area contributed by atoms with Crippen molar-refractivity contribution in [1.29, 1.82) is 0 Å². The molecule has 5 heterocycles. The van der Waals surface area contributed by atoms with Crippen LogP contribution in [0.3, 0.4) is 0 Å². The van der Waals surface area contributed by atoms with E-state index >= 15 is 18.8 Å². The maximum atomic E-state index is 15.4. The van der Waals surface area contributed by atoms with Crippen molar-refractivity contribution in [3.8, 4) is 5.75 Å². The van der Waals surface area contributed by atoms with E-state index in [1.54, 1.807) is 31.2 Å². The topological polar surface area (TPSA) is 352 Å². The first-order valence-electron chi connectivity index (χ1n) is 32.8. The summed E-state index contributed by atoms with van der Waals surface area (Å²) < 4.78 is 50.3. The molecule has 24 nitrogen and oxygen atoms in total. The van der Waals surface area contributed by atoms with Crippen LogP contribution in [-0.4, -0.2) is 188 Å². The van der Waals surface area contributed by atoms with Crippen molar-refractivity contribution >= 4 is 98.5 Å². The number of amides is 9. The summed E-state index contributed by atoms with van der Waals surface area (Å²) in [7, 11) is 1.48. The number of unbranched alkanes of at least 4 members (excludes halogenated alkanes) is 1. The number of fused-ring (bicyclic) bond motifs is 6. The van der Waals surface area contributed by atoms with Crippen molar-refractivity contribution in [1.82, 2.24) is 57.0 Å². The number of aliphatic hydroxyl groups is 2. The minimum atomic E-state index is -1.81. The Bertz CT molecular complexity index is 3880. The van der Waals surface area contributed by atoms with Gasteiger partial charge in [0, 0.05) is 109 Å². The standard InChI is InChI=1S/C69H85F3N12O12S2/c1-38-61(88)79-55(28-43-33-75-52-15-11-45(70)30-50(43)52)63(90)80-57(29-44-34-76-53-16-12-46(71)31-51(44)53)66(93)83-35-48(86)32-58(83)64(91)82-60(39(2)85)65(92)81-56(27-40-9-13-49(96-4)14-10-40)67(94)84-21-7-18-69(84,3)68(95)74-20-23-98-37-42-24-41(25-47(72)26-42)36-97-22-17-59(87)78-54(62(89)77-38)8-5-6-19-73/h9-16,24-26,30-31,33-34,38-39,48,54-58,60,75-76,85-86H,5-8,17-23,27-29,32,35-37,73H2,1-4H3,(H,74,95)(H,77,89)(H,78,87)(H,79,88)(H,80,90)(H,81,92)(H,82,91)/t38-,39+,48-,54+,55+,56+,57+,58+,60-,69+/m1/s1. The van der Waals surface area contributed by atoms with Crippen LogP contribution in [0.4, 0.5) is 13.2 Å². The second-order valence-corrected chi connectivity index (χ2v) is 27.6. The van der Waals surface area contributed by atoms with E-state index in [2.05, 4.69) is 47.2 Å².